The first-order valence-electron chi connectivity index (χ1n) is 7.64. The van der Waals surface area contributed by atoms with Crippen LogP contribution in [0.1, 0.15) is 39.0 Å². The number of rotatable bonds is 11. The second-order valence-corrected chi connectivity index (χ2v) is 6.84. The number of hydrogen-bond acceptors (Lipinski definition) is 4. The molecular formula is C16H30NO5+. The SMILES string of the molecule is CCCC(O)CCC=CC(=O)C(O)(CC(=O)O)C[N+](C)(C)C. The number of allylic oxidation sites excluding steroid dienone is 1. The first-order chi connectivity index (χ1) is 10.00. The molecule has 0 heterocycles. The molecule has 0 aliphatic heterocycles. The molecule has 0 fully saturated rings. The van der Waals surface area contributed by atoms with Crippen molar-refractivity contribution in [3.8, 4) is 0 Å². The van der Waals surface area contributed by atoms with Crippen LogP contribution in [0.25, 0.3) is 0 Å². The van der Waals surface area contributed by atoms with Crippen LogP contribution in [0.4, 0.5) is 0 Å². The molecule has 0 aromatic heterocycles. The summed E-state index contributed by atoms with van der Waals surface area (Å²) in [5.74, 6) is -1.82. The predicted octanol–water partition coefficient (Wildman–Crippen LogP) is 0.965. The van der Waals surface area contributed by atoms with Gasteiger partial charge in [0.15, 0.2) is 11.4 Å². The lowest BCUT2D eigenvalue weighted by atomic mass is 9.92. The molecule has 2 atom stereocenters. The number of aliphatic carboxylic acids is 1. The largest absolute Gasteiger partial charge is 0.481 e. The van der Waals surface area contributed by atoms with Crippen molar-refractivity contribution in [3.63, 3.8) is 0 Å². The number of quaternary nitrogens is 1. The van der Waals surface area contributed by atoms with Gasteiger partial charge in [0.05, 0.1) is 33.7 Å². The monoisotopic (exact) mass is 316 g/mol. The second kappa shape index (κ2) is 9.02. The number of carboxylic acid groups (broad SMARTS) is 1. The Labute approximate surface area is 132 Å². The summed E-state index contributed by atoms with van der Waals surface area (Å²) < 4.78 is 0.276. The third kappa shape index (κ3) is 8.92. The standard InChI is InChI=1S/C16H29NO5/c1-5-8-13(18)9-6-7-10-14(19)16(22,11-15(20)21)12-17(2,3)4/h7,10,13,18,22H,5-6,8-9,11-12H2,1-4H3/p+1. The highest BCUT2D eigenvalue weighted by Gasteiger charge is 2.41. The highest BCUT2D eigenvalue weighted by molar-refractivity contribution is 5.99. The van der Waals surface area contributed by atoms with Gasteiger partial charge in [0.2, 0.25) is 0 Å². The molecule has 3 N–H and O–H groups in total. The molecule has 0 aromatic rings. The maximum atomic E-state index is 12.2. The van der Waals surface area contributed by atoms with E-state index in [0.717, 1.165) is 6.42 Å². The molecule has 6 heteroatoms. The fourth-order valence-electron chi connectivity index (χ4n) is 2.37. The lowest BCUT2D eigenvalue weighted by Crippen LogP contribution is -2.54. The normalized spacial score (nSPS) is 16.5. The summed E-state index contributed by atoms with van der Waals surface area (Å²) in [6, 6.07) is 0. The van der Waals surface area contributed by atoms with Gasteiger partial charge < -0.3 is 19.8 Å². The number of carboxylic acids is 1. The van der Waals surface area contributed by atoms with Gasteiger partial charge in [-0.3, -0.25) is 9.59 Å². The number of hydrogen-bond donors (Lipinski definition) is 3. The van der Waals surface area contributed by atoms with Gasteiger partial charge in [0.1, 0.15) is 6.54 Å². The molecule has 0 amide bonds. The van der Waals surface area contributed by atoms with E-state index in [1.807, 2.05) is 6.92 Å². The van der Waals surface area contributed by atoms with Crippen molar-refractivity contribution in [2.75, 3.05) is 27.7 Å². The van der Waals surface area contributed by atoms with Crippen molar-refractivity contribution in [2.24, 2.45) is 0 Å². The van der Waals surface area contributed by atoms with Gasteiger partial charge in [-0.15, -0.1) is 0 Å². The summed E-state index contributed by atoms with van der Waals surface area (Å²) >= 11 is 0. The Morgan fingerprint density at radius 2 is 1.82 bits per heavy atom. The van der Waals surface area contributed by atoms with E-state index >= 15 is 0 Å². The fraction of sp³-hybridized carbons (Fsp3) is 0.750. The van der Waals surface area contributed by atoms with Gasteiger partial charge in [-0.1, -0.05) is 19.4 Å². The number of aliphatic hydroxyl groups excluding tert-OH is 1. The molecular weight excluding hydrogens is 286 g/mol. The van der Waals surface area contributed by atoms with E-state index in [2.05, 4.69) is 0 Å². The molecule has 0 radical (unpaired) electrons. The minimum Gasteiger partial charge on any atom is -0.481 e. The minimum atomic E-state index is -1.91. The molecule has 0 aliphatic carbocycles. The summed E-state index contributed by atoms with van der Waals surface area (Å²) in [6.07, 6.45) is 4.47. The van der Waals surface area contributed by atoms with Crippen LogP contribution in [0.15, 0.2) is 12.2 Å². The molecule has 0 aliphatic rings. The average molecular weight is 316 g/mol. The van der Waals surface area contributed by atoms with Crippen LogP contribution in [0.2, 0.25) is 0 Å². The van der Waals surface area contributed by atoms with E-state index in [1.165, 1.54) is 6.08 Å². The van der Waals surface area contributed by atoms with Gasteiger partial charge in [0, 0.05) is 0 Å². The van der Waals surface area contributed by atoms with Crippen LogP contribution in [0.3, 0.4) is 0 Å². The molecule has 0 bridgehead atoms. The van der Waals surface area contributed by atoms with Crippen LogP contribution in [0, 0.1) is 0 Å². The van der Waals surface area contributed by atoms with Crippen molar-refractivity contribution in [1.82, 2.24) is 0 Å². The van der Waals surface area contributed by atoms with Gasteiger partial charge in [-0.25, -0.2) is 0 Å². The van der Waals surface area contributed by atoms with Crippen molar-refractivity contribution in [1.29, 1.82) is 0 Å². The summed E-state index contributed by atoms with van der Waals surface area (Å²) in [4.78, 5) is 23.1. The summed E-state index contributed by atoms with van der Waals surface area (Å²) in [5.41, 5.74) is -1.91. The highest BCUT2D eigenvalue weighted by Crippen LogP contribution is 2.17. The first-order valence-corrected chi connectivity index (χ1v) is 7.64. The van der Waals surface area contributed by atoms with Crippen LogP contribution < -0.4 is 0 Å². The van der Waals surface area contributed by atoms with Gasteiger partial charge >= 0.3 is 5.97 Å². The Hall–Kier alpha value is -1.24. The highest BCUT2D eigenvalue weighted by atomic mass is 16.4. The Balaban J connectivity index is 4.73. The number of carbonyl (C=O) groups is 2. The number of ketones is 1. The molecule has 0 rings (SSSR count). The lowest BCUT2D eigenvalue weighted by molar-refractivity contribution is -0.875. The van der Waals surface area contributed by atoms with Crippen molar-refractivity contribution >= 4 is 11.8 Å². The van der Waals surface area contributed by atoms with Crippen LogP contribution >= 0.6 is 0 Å². The third-order valence-electron chi connectivity index (χ3n) is 3.20. The molecule has 2 unspecified atom stereocenters. The molecule has 0 saturated heterocycles. The Kier molecular flexibility index (Phi) is 8.52. The van der Waals surface area contributed by atoms with Crippen LogP contribution in [-0.4, -0.2) is 70.9 Å². The van der Waals surface area contributed by atoms with Crippen LogP contribution in [0.5, 0.6) is 0 Å². The molecule has 6 nitrogen and oxygen atoms in total. The number of likely N-dealkylation sites (N-methyl/N-ethyl adjacent to an activating group) is 1. The Bertz CT molecular complexity index is 400. The smallest absolute Gasteiger partial charge is 0.307 e. The Morgan fingerprint density at radius 1 is 1.23 bits per heavy atom. The average Bonchev–Trinajstić information content (AvgIpc) is 2.31. The maximum Gasteiger partial charge on any atom is 0.307 e. The van der Waals surface area contributed by atoms with Crippen LogP contribution in [-0.2, 0) is 9.59 Å². The zero-order chi connectivity index (χ0) is 17.4. The molecule has 0 spiro atoms. The van der Waals surface area contributed by atoms with E-state index in [1.54, 1.807) is 27.2 Å². The Morgan fingerprint density at radius 3 is 2.27 bits per heavy atom. The third-order valence-corrected chi connectivity index (χ3v) is 3.20. The number of carbonyl (C=O) groups excluding carboxylic acids is 1. The van der Waals surface area contributed by atoms with E-state index in [-0.39, 0.29) is 11.0 Å². The second-order valence-electron chi connectivity index (χ2n) is 6.84. The maximum absolute atomic E-state index is 12.2. The zero-order valence-corrected chi connectivity index (χ0v) is 14.1. The topological polar surface area (TPSA) is 94.8 Å². The first kappa shape index (κ1) is 20.8. The van der Waals surface area contributed by atoms with Gasteiger partial charge in [-0.05, 0) is 25.3 Å². The van der Waals surface area contributed by atoms with Crippen molar-refractivity contribution < 1.29 is 29.4 Å². The van der Waals surface area contributed by atoms with Gasteiger partial charge in [-0.2, -0.15) is 0 Å². The zero-order valence-electron chi connectivity index (χ0n) is 14.1. The van der Waals surface area contributed by atoms with Crippen molar-refractivity contribution in [3.05, 3.63) is 12.2 Å². The van der Waals surface area contributed by atoms with E-state index in [4.69, 9.17) is 5.11 Å². The van der Waals surface area contributed by atoms with E-state index < -0.39 is 29.9 Å². The quantitative estimate of drug-likeness (QED) is 0.390. The number of aliphatic hydroxyl groups is 2. The summed E-state index contributed by atoms with van der Waals surface area (Å²) in [5, 5.41) is 29.0. The van der Waals surface area contributed by atoms with E-state index in [0.29, 0.717) is 19.3 Å². The summed E-state index contributed by atoms with van der Waals surface area (Å²) in [6.45, 7) is 2.00. The number of nitrogens with zero attached hydrogens (tertiary/aromatic N) is 1. The summed E-state index contributed by atoms with van der Waals surface area (Å²) in [7, 11) is 5.35. The predicted molar refractivity (Wildman–Crippen MR) is 84.4 cm³/mol. The molecule has 22 heavy (non-hydrogen) atoms. The van der Waals surface area contributed by atoms with Crippen molar-refractivity contribution in [2.45, 2.75) is 50.7 Å². The fourth-order valence-corrected chi connectivity index (χ4v) is 2.37. The molecule has 0 aromatic carbocycles. The molecule has 0 saturated carbocycles. The minimum absolute atomic E-state index is 0.0148. The lowest BCUT2D eigenvalue weighted by Gasteiger charge is -2.33. The van der Waals surface area contributed by atoms with E-state index in [9.17, 15) is 19.8 Å². The molecule has 128 valence electrons. The van der Waals surface area contributed by atoms with Gasteiger partial charge in [0.25, 0.3) is 0 Å².